The van der Waals surface area contributed by atoms with E-state index in [-0.39, 0.29) is 5.56 Å². The standard InChI is InChI=1S/C15H15N3O2S3/c1-3-18-14(20)11-9(10-5-4-6-21-10)7-22-13(11)17-15(18)23-8(2)12(16)19/h4-8H,3H2,1-2H3,(H2,16,19)/t8-/m1/s1. The highest BCUT2D eigenvalue weighted by Crippen LogP contribution is 2.34. The number of thioether (sulfide) groups is 1. The second-order valence-electron chi connectivity index (χ2n) is 4.91. The van der Waals surface area contributed by atoms with Crippen molar-refractivity contribution < 1.29 is 4.79 Å². The van der Waals surface area contributed by atoms with E-state index < -0.39 is 11.2 Å². The summed E-state index contributed by atoms with van der Waals surface area (Å²) < 4.78 is 1.61. The zero-order valence-electron chi connectivity index (χ0n) is 12.6. The van der Waals surface area contributed by atoms with E-state index >= 15 is 0 Å². The molecule has 0 aromatic carbocycles. The number of carbonyl (C=O) groups excluding carboxylic acids is 1. The molecule has 8 heteroatoms. The van der Waals surface area contributed by atoms with Crippen LogP contribution < -0.4 is 11.3 Å². The largest absolute Gasteiger partial charge is 0.369 e. The number of thiophene rings is 2. The van der Waals surface area contributed by atoms with Gasteiger partial charge in [0.15, 0.2) is 5.16 Å². The average molecular weight is 366 g/mol. The molecule has 0 aliphatic rings. The van der Waals surface area contributed by atoms with Crippen molar-refractivity contribution in [1.29, 1.82) is 0 Å². The Morgan fingerprint density at radius 3 is 2.87 bits per heavy atom. The lowest BCUT2D eigenvalue weighted by atomic mass is 10.2. The molecular formula is C15H15N3O2S3. The van der Waals surface area contributed by atoms with E-state index in [2.05, 4.69) is 4.98 Å². The summed E-state index contributed by atoms with van der Waals surface area (Å²) in [5.74, 6) is -0.419. The highest BCUT2D eigenvalue weighted by atomic mass is 32.2. The van der Waals surface area contributed by atoms with Gasteiger partial charge in [-0.05, 0) is 25.3 Å². The number of hydrogen-bond acceptors (Lipinski definition) is 6. The molecule has 2 N–H and O–H groups in total. The minimum absolute atomic E-state index is 0.0682. The summed E-state index contributed by atoms with van der Waals surface area (Å²) >= 11 is 4.27. The molecule has 3 rings (SSSR count). The maximum atomic E-state index is 12.9. The summed E-state index contributed by atoms with van der Waals surface area (Å²) in [6, 6.07) is 3.97. The fraction of sp³-hybridized carbons (Fsp3) is 0.267. The van der Waals surface area contributed by atoms with Crippen LogP contribution in [0.1, 0.15) is 13.8 Å². The van der Waals surface area contributed by atoms with Crippen LogP contribution in [0, 0.1) is 0 Å². The molecule has 0 aliphatic carbocycles. The smallest absolute Gasteiger partial charge is 0.263 e. The fourth-order valence-corrected chi connectivity index (χ4v) is 4.93. The van der Waals surface area contributed by atoms with Gasteiger partial charge in [0.2, 0.25) is 5.91 Å². The van der Waals surface area contributed by atoms with Crippen LogP contribution in [0.15, 0.2) is 32.8 Å². The first kappa shape index (κ1) is 16.2. The first-order valence-electron chi connectivity index (χ1n) is 7.04. The van der Waals surface area contributed by atoms with Gasteiger partial charge < -0.3 is 5.73 Å². The van der Waals surface area contributed by atoms with Crippen molar-refractivity contribution in [2.45, 2.75) is 30.8 Å². The molecule has 0 radical (unpaired) electrons. The number of nitrogens with two attached hydrogens (primary N) is 1. The van der Waals surface area contributed by atoms with E-state index in [0.717, 1.165) is 10.4 Å². The van der Waals surface area contributed by atoms with Crippen molar-refractivity contribution in [3.05, 3.63) is 33.2 Å². The van der Waals surface area contributed by atoms with Crippen molar-refractivity contribution in [3.63, 3.8) is 0 Å². The molecule has 1 atom stereocenters. The number of aromatic nitrogens is 2. The highest BCUT2D eigenvalue weighted by Gasteiger charge is 2.20. The van der Waals surface area contributed by atoms with Crippen molar-refractivity contribution >= 4 is 50.6 Å². The third-order valence-corrected chi connectivity index (χ3v) is 6.33. The number of primary amides is 1. The monoisotopic (exact) mass is 365 g/mol. The molecule has 3 aromatic heterocycles. The second kappa shape index (κ2) is 6.46. The molecule has 0 unspecified atom stereocenters. The van der Waals surface area contributed by atoms with Crippen molar-refractivity contribution in [2.24, 2.45) is 5.73 Å². The molecule has 3 aromatic rings. The van der Waals surface area contributed by atoms with E-state index in [1.165, 1.54) is 23.1 Å². The summed E-state index contributed by atoms with van der Waals surface area (Å²) in [6.07, 6.45) is 0. The molecule has 0 saturated heterocycles. The molecular weight excluding hydrogens is 350 g/mol. The zero-order valence-corrected chi connectivity index (χ0v) is 15.1. The molecule has 0 aliphatic heterocycles. The topological polar surface area (TPSA) is 78.0 Å². The molecule has 5 nitrogen and oxygen atoms in total. The lowest BCUT2D eigenvalue weighted by molar-refractivity contribution is -0.117. The van der Waals surface area contributed by atoms with Gasteiger partial charge in [-0.15, -0.1) is 22.7 Å². The maximum Gasteiger partial charge on any atom is 0.263 e. The Morgan fingerprint density at radius 2 is 2.26 bits per heavy atom. The van der Waals surface area contributed by atoms with E-state index in [1.54, 1.807) is 22.8 Å². The molecule has 23 heavy (non-hydrogen) atoms. The van der Waals surface area contributed by atoms with Crippen LogP contribution in [0.25, 0.3) is 20.7 Å². The quantitative estimate of drug-likeness (QED) is 0.556. The Balaban J connectivity index is 2.19. The number of nitrogens with zero attached hydrogens (tertiary/aromatic N) is 2. The van der Waals surface area contributed by atoms with Gasteiger partial charge in [-0.25, -0.2) is 4.98 Å². The summed E-state index contributed by atoms with van der Waals surface area (Å²) in [6.45, 7) is 4.11. The summed E-state index contributed by atoms with van der Waals surface area (Å²) in [7, 11) is 0. The minimum atomic E-state index is -0.436. The highest BCUT2D eigenvalue weighted by molar-refractivity contribution is 8.00. The van der Waals surface area contributed by atoms with Gasteiger partial charge in [-0.3, -0.25) is 14.2 Å². The first-order chi connectivity index (χ1) is 11.0. The van der Waals surface area contributed by atoms with Gasteiger partial charge in [-0.1, -0.05) is 17.8 Å². The van der Waals surface area contributed by atoms with Gasteiger partial charge >= 0.3 is 0 Å². The van der Waals surface area contributed by atoms with Crippen LogP contribution in [0.4, 0.5) is 0 Å². The Kier molecular flexibility index (Phi) is 4.56. The van der Waals surface area contributed by atoms with Gasteiger partial charge in [0, 0.05) is 22.4 Å². The lowest BCUT2D eigenvalue weighted by Gasteiger charge is -2.12. The normalized spacial score (nSPS) is 12.6. The van der Waals surface area contributed by atoms with Gasteiger partial charge in [0.05, 0.1) is 10.6 Å². The Labute approximate surface area is 145 Å². The lowest BCUT2D eigenvalue weighted by Crippen LogP contribution is -2.26. The molecule has 0 saturated carbocycles. The predicted molar refractivity (Wildman–Crippen MR) is 97.4 cm³/mol. The third-order valence-electron chi connectivity index (χ3n) is 3.44. The maximum absolute atomic E-state index is 12.9. The van der Waals surface area contributed by atoms with Crippen LogP contribution in [0.2, 0.25) is 0 Å². The van der Waals surface area contributed by atoms with Crippen molar-refractivity contribution in [1.82, 2.24) is 9.55 Å². The molecule has 0 fully saturated rings. The summed E-state index contributed by atoms with van der Waals surface area (Å²) in [4.78, 5) is 30.6. The molecule has 3 heterocycles. The Bertz CT molecular complexity index is 912. The van der Waals surface area contributed by atoms with Crippen molar-refractivity contribution in [2.75, 3.05) is 0 Å². The Hall–Kier alpha value is -1.64. The third kappa shape index (κ3) is 2.93. The Morgan fingerprint density at radius 1 is 1.48 bits per heavy atom. The van der Waals surface area contributed by atoms with Gasteiger partial charge in [0.1, 0.15) is 4.83 Å². The number of hydrogen-bond donors (Lipinski definition) is 1. The summed E-state index contributed by atoms with van der Waals surface area (Å²) in [5.41, 5.74) is 6.18. The SMILES string of the molecule is CCn1c(S[C@H](C)C(N)=O)nc2scc(-c3cccs3)c2c1=O. The molecule has 0 bridgehead atoms. The first-order valence-corrected chi connectivity index (χ1v) is 9.68. The van der Waals surface area contributed by atoms with E-state index in [0.29, 0.717) is 21.9 Å². The molecule has 120 valence electrons. The number of amides is 1. The minimum Gasteiger partial charge on any atom is -0.369 e. The van der Waals surface area contributed by atoms with Gasteiger partial charge in [-0.2, -0.15) is 0 Å². The van der Waals surface area contributed by atoms with Crippen LogP contribution in [0.5, 0.6) is 0 Å². The van der Waals surface area contributed by atoms with E-state index in [9.17, 15) is 9.59 Å². The van der Waals surface area contributed by atoms with Crippen LogP contribution in [0.3, 0.4) is 0 Å². The average Bonchev–Trinajstić information content (AvgIpc) is 3.15. The van der Waals surface area contributed by atoms with Crippen molar-refractivity contribution in [3.8, 4) is 10.4 Å². The van der Waals surface area contributed by atoms with Crippen LogP contribution in [-0.4, -0.2) is 20.7 Å². The fourth-order valence-electron chi connectivity index (χ4n) is 2.20. The van der Waals surface area contributed by atoms with E-state index in [4.69, 9.17) is 5.73 Å². The number of rotatable bonds is 5. The van der Waals surface area contributed by atoms with Gasteiger partial charge in [0.25, 0.3) is 5.56 Å². The second-order valence-corrected chi connectivity index (χ2v) is 8.03. The zero-order chi connectivity index (χ0) is 16.6. The summed E-state index contributed by atoms with van der Waals surface area (Å²) in [5, 5.41) is 4.71. The predicted octanol–water partition coefficient (Wildman–Crippen LogP) is 3.17. The van der Waals surface area contributed by atoms with Crippen LogP contribution in [-0.2, 0) is 11.3 Å². The molecule has 0 spiro atoms. The number of carbonyl (C=O) groups is 1. The molecule has 1 amide bonds. The van der Waals surface area contributed by atoms with Crippen LogP contribution >= 0.6 is 34.4 Å². The van der Waals surface area contributed by atoms with E-state index in [1.807, 2.05) is 29.8 Å². The number of fused-ring (bicyclic) bond motifs is 1.